The number of halogens is 3. The van der Waals surface area contributed by atoms with E-state index >= 15 is 0 Å². The number of sulfonamides is 2. The third-order valence-electron chi connectivity index (χ3n) is 5.42. The Kier molecular flexibility index (Phi) is 5.87. The van der Waals surface area contributed by atoms with Gasteiger partial charge in [-0.3, -0.25) is 4.79 Å². The molecular formula is C19H19F3N4O5S2. The Morgan fingerprint density at radius 2 is 1.70 bits per heavy atom. The molecule has 178 valence electrons. The summed E-state index contributed by atoms with van der Waals surface area (Å²) in [6.07, 6.45) is -0.220. The highest BCUT2D eigenvalue weighted by atomic mass is 32.2. The zero-order chi connectivity index (χ0) is 24.0. The number of rotatable bonds is 3. The van der Waals surface area contributed by atoms with Gasteiger partial charge in [0.25, 0.3) is 15.9 Å². The molecule has 3 aliphatic rings. The third kappa shape index (κ3) is 4.54. The molecule has 4 rings (SSSR count). The molecule has 0 saturated carbocycles. The van der Waals surface area contributed by atoms with Gasteiger partial charge in [-0.1, -0.05) is 12.1 Å². The molecular weight excluding hydrogens is 485 g/mol. The van der Waals surface area contributed by atoms with Crippen LogP contribution in [0.4, 0.5) is 13.2 Å². The van der Waals surface area contributed by atoms with E-state index in [4.69, 9.17) is 0 Å². The maximum absolute atomic E-state index is 13.3. The van der Waals surface area contributed by atoms with Gasteiger partial charge < -0.3 is 9.80 Å². The first-order valence-electron chi connectivity index (χ1n) is 9.84. The van der Waals surface area contributed by atoms with Crippen LogP contribution in [0.2, 0.25) is 0 Å². The molecule has 14 heteroatoms. The molecule has 33 heavy (non-hydrogen) atoms. The van der Waals surface area contributed by atoms with E-state index in [9.17, 15) is 34.8 Å². The number of allylic oxidation sites excluding steroid dienone is 2. The van der Waals surface area contributed by atoms with Crippen molar-refractivity contribution in [1.29, 1.82) is 0 Å². The molecule has 3 heterocycles. The molecule has 0 N–H and O–H groups in total. The topological polar surface area (TPSA) is 107 Å². The Morgan fingerprint density at radius 1 is 1.03 bits per heavy atom. The van der Waals surface area contributed by atoms with Gasteiger partial charge in [-0.05, 0) is 24.3 Å². The molecule has 0 aromatic heterocycles. The second-order valence-corrected chi connectivity index (χ2v) is 11.2. The second-order valence-electron chi connectivity index (χ2n) is 7.51. The molecule has 0 unspecified atom stereocenters. The highest BCUT2D eigenvalue weighted by molar-refractivity contribution is 7.90. The number of hydrogen-bond acceptors (Lipinski definition) is 6. The second kappa shape index (κ2) is 8.25. The van der Waals surface area contributed by atoms with Crippen molar-refractivity contribution in [3.05, 3.63) is 53.8 Å². The summed E-state index contributed by atoms with van der Waals surface area (Å²) >= 11 is 0. The van der Waals surface area contributed by atoms with Crippen LogP contribution < -0.4 is 0 Å². The Hall–Kier alpha value is -2.71. The summed E-state index contributed by atoms with van der Waals surface area (Å²) in [6.45, 7) is -0.427. The largest absolute Gasteiger partial charge is 0.417 e. The first kappa shape index (κ1) is 23.4. The third-order valence-corrected chi connectivity index (χ3v) is 8.53. The van der Waals surface area contributed by atoms with E-state index < -0.39 is 42.6 Å². The zero-order valence-electron chi connectivity index (χ0n) is 17.1. The highest BCUT2D eigenvalue weighted by Gasteiger charge is 2.40. The fourth-order valence-corrected chi connectivity index (χ4v) is 6.37. The number of hydrogen-bond donors (Lipinski definition) is 0. The van der Waals surface area contributed by atoms with Crippen LogP contribution in [0.3, 0.4) is 0 Å². The Morgan fingerprint density at radius 3 is 2.36 bits per heavy atom. The summed E-state index contributed by atoms with van der Waals surface area (Å²) in [7, 11) is -8.15. The number of amidine groups is 1. The Bertz CT molecular complexity index is 1280. The summed E-state index contributed by atoms with van der Waals surface area (Å²) in [4.78, 5) is 15.1. The van der Waals surface area contributed by atoms with E-state index in [1.165, 1.54) is 17.0 Å². The Labute approximate surface area is 188 Å². The molecule has 1 aromatic rings. The SMILES string of the molecule is O=C(C1=CC=CN2CCS(=O)(=O)N=C12)N1CCN(S(=O)(=O)c2ccccc2C(F)(F)F)CC1. The van der Waals surface area contributed by atoms with Gasteiger partial charge in [0.2, 0.25) is 10.0 Å². The van der Waals surface area contributed by atoms with Crippen molar-refractivity contribution in [2.45, 2.75) is 11.1 Å². The predicted molar refractivity (Wildman–Crippen MR) is 112 cm³/mol. The van der Waals surface area contributed by atoms with Crippen LogP contribution in [-0.4, -0.2) is 81.2 Å². The van der Waals surface area contributed by atoms with Crippen molar-refractivity contribution < 1.29 is 34.8 Å². The van der Waals surface area contributed by atoms with Crippen molar-refractivity contribution in [2.75, 3.05) is 38.5 Å². The molecule has 3 aliphatic heterocycles. The predicted octanol–water partition coefficient (Wildman–Crippen LogP) is 1.04. The van der Waals surface area contributed by atoms with Crippen LogP contribution in [0.1, 0.15) is 5.56 Å². The lowest BCUT2D eigenvalue weighted by Crippen LogP contribution is -2.52. The van der Waals surface area contributed by atoms with Gasteiger partial charge in [-0.15, -0.1) is 4.40 Å². The van der Waals surface area contributed by atoms with Gasteiger partial charge in [0.15, 0.2) is 5.84 Å². The molecule has 1 saturated heterocycles. The molecule has 0 bridgehead atoms. The Balaban J connectivity index is 1.52. The minimum absolute atomic E-state index is 0.00269. The van der Waals surface area contributed by atoms with Gasteiger partial charge in [0.1, 0.15) is 0 Å². The van der Waals surface area contributed by atoms with E-state index in [1.807, 2.05) is 0 Å². The molecule has 0 aliphatic carbocycles. The average molecular weight is 505 g/mol. The van der Waals surface area contributed by atoms with Crippen molar-refractivity contribution in [2.24, 2.45) is 4.40 Å². The first-order valence-corrected chi connectivity index (χ1v) is 12.9. The van der Waals surface area contributed by atoms with Crippen LogP contribution in [0.25, 0.3) is 0 Å². The van der Waals surface area contributed by atoms with E-state index in [2.05, 4.69) is 4.40 Å². The number of amides is 1. The van der Waals surface area contributed by atoms with Crippen molar-refractivity contribution in [3.8, 4) is 0 Å². The van der Waals surface area contributed by atoms with E-state index in [0.29, 0.717) is 6.07 Å². The van der Waals surface area contributed by atoms with Crippen LogP contribution in [0.5, 0.6) is 0 Å². The van der Waals surface area contributed by atoms with E-state index in [0.717, 1.165) is 16.4 Å². The quantitative estimate of drug-likeness (QED) is 0.609. The standard InChI is InChI=1S/C19H19F3N4O5S2/c20-19(21,22)15-5-1-2-6-16(15)33(30,31)26-10-8-25(9-11-26)18(27)14-4-3-7-24-12-13-32(28,29)23-17(14)24/h1-7H,8-13H2. The van der Waals surface area contributed by atoms with Crippen LogP contribution in [-0.2, 0) is 31.0 Å². The summed E-state index contributed by atoms with van der Waals surface area (Å²) in [5.41, 5.74) is -1.20. The molecule has 0 spiro atoms. The molecule has 1 aromatic carbocycles. The van der Waals surface area contributed by atoms with Crippen LogP contribution in [0, 0.1) is 0 Å². The lowest BCUT2D eigenvalue weighted by atomic mass is 10.1. The number of fused-ring (bicyclic) bond motifs is 1. The molecule has 1 amide bonds. The summed E-state index contributed by atoms with van der Waals surface area (Å²) < 4.78 is 94.1. The van der Waals surface area contributed by atoms with E-state index in [1.54, 1.807) is 17.2 Å². The first-order chi connectivity index (χ1) is 15.4. The summed E-state index contributed by atoms with van der Waals surface area (Å²) in [5, 5.41) is 0. The van der Waals surface area contributed by atoms with Gasteiger partial charge >= 0.3 is 6.18 Å². The van der Waals surface area contributed by atoms with Gasteiger partial charge in [-0.25, -0.2) is 16.8 Å². The maximum atomic E-state index is 13.3. The number of benzene rings is 1. The number of nitrogens with zero attached hydrogens (tertiary/aromatic N) is 4. The molecule has 9 nitrogen and oxygen atoms in total. The van der Waals surface area contributed by atoms with Crippen molar-refractivity contribution in [3.63, 3.8) is 0 Å². The smallest absolute Gasteiger partial charge is 0.336 e. The number of carbonyl (C=O) groups excluding carboxylic acids is 1. The normalized spacial score (nSPS) is 21.3. The number of piperazine rings is 1. The number of carbonyl (C=O) groups is 1. The van der Waals surface area contributed by atoms with Gasteiger partial charge in [0.05, 0.1) is 21.8 Å². The fourth-order valence-electron chi connectivity index (χ4n) is 3.75. The number of alkyl halides is 3. The van der Waals surface area contributed by atoms with Crippen molar-refractivity contribution in [1.82, 2.24) is 14.1 Å². The zero-order valence-corrected chi connectivity index (χ0v) is 18.7. The maximum Gasteiger partial charge on any atom is 0.417 e. The van der Waals surface area contributed by atoms with Crippen molar-refractivity contribution >= 4 is 31.8 Å². The summed E-state index contributed by atoms with van der Waals surface area (Å²) in [5.74, 6) is -0.714. The molecule has 0 radical (unpaired) electrons. The summed E-state index contributed by atoms with van der Waals surface area (Å²) in [6, 6.07) is 3.95. The molecule has 0 atom stereocenters. The monoisotopic (exact) mass is 504 g/mol. The van der Waals surface area contributed by atoms with E-state index in [-0.39, 0.29) is 49.9 Å². The minimum atomic E-state index is -4.84. The van der Waals surface area contributed by atoms with Crippen LogP contribution in [0.15, 0.2) is 57.5 Å². The highest BCUT2D eigenvalue weighted by Crippen LogP contribution is 2.35. The van der Waals surface area contributed by atoms with Crippen LogP contribution >= 0.6 is 0 Å². The lowest BCUT2D eigenvalue weighted by molar-refractivity contribution is -0.139. The molecule has 1 fully saturated rings. The van der Waals surface area contributed by atoms with Gasteiger partial charge in [0, 0.05) is 38.9 Å². The average Bonchev–Trinajstić information content (AvgIpc) is 2.77. The lowest BCUT2D eigenvalue weighted by Gasteiger charge is -2.36. The fraction of sp³-hybridized carbons (Fsp3) is 0.368. The minimum Gasteiger partial charge on any atom is -0.336 e. The van der Waals surface area contributed by atoms with Gasteiger partial charge in [-0.2, -0.15) is 17.5 Å².